The third-order valence-electron chi connectivity index (χ3n) is 3.84. The van der Waals surface area contributed by atoms with E-state index >= 15 is 0 Å². The lowest BCUT2D eigenvalue weighted by molar-refractivity contribution is 0.268. The van der Waals surface area contributed by atoms with Gasteiger partial charge in [-0.15, -0.1) is 0 Å². The Morgan fingerprint density at radius 3 is 2.84 bits per heavy atom. The van der Waals surface area contributed by atoms with Crippen LogP contribution in [0.1, 0.15) is 31.9 Å². The van der Waals surface area contributed by atoms with Crippen molar-refractivity contribution in [2.45, 2.75) is 32.4 Å². The normalized spacial score (nSPS) is 24.3. The summed E-state index contributed by atoms with van der Waals surface area (Å²) in [6.45, 7) is 6.63. The average molecular weight is 346 g/mol. The molecule has 106 valence electrons. The van der Waals surface area contributed by atoms with Crippen LogP contribution >= 0.6 is 27.5 Å². The zero-order valence-corrected chi connectivity index (χ0v) is 14.1. The topological polar surface area (TPSA) is 15.3 Å². The van der Waals surface area contributed by atoms with Crippen LogP contribution in [0.4, 0.5) is 0 Å². The van der Waals surface area contributed by atoms with E-state index in [0.717, 1.165) is 22.6 Å². The SMILES string of the molecule is CC(C)NCC1CCN(C)C1c1ccc(Cl)cc1Br. The Balaban J connectivity index is 2.18. The van der Waals surface area contributed by atoms with Gasteiger partial charge in [-0.3, -0.25) is 4.90 Å². The fourth-order valence-electron chi connectivity index (χ4n) is 2.86. The molecule has 0 saturated carbocycles. The largest absolute Gasteiger partial charge is 0.314 e. The number of benzene rings is 1. The van der Waals surface area contributed by atoms with Gasteiger partial charge in [0, 0.05) is 28.1 Å². The number of hydrogen-bond acceptors (Lipinski definition) is 2. The van der Waals surface area contributed by atoms with E-state index in [2.05, 4.69) is 53.1 Å². The molecule has 1 saturated heterocycles. The second-order valence-corrected chi connectivity index (χ2v) is 6.99. The highest BCUT2D eigenvalue weighted by atomic mass is 79.9. The van der Waals surface area contributed by atoms with Gasteiger partial charge < -0.3 is 5.32 Å². The lowest BCUT2D eigenvalue weighted by Crippen LogP contribution is -2.32. The molecule has 4 heteroatoms. The van der Waals surface area contributed by atoms with Crippen LogP contribution < -0.4 is 5.32 Å². The molecule has 2 rings (SSSR count). The Labute approximate surface area is 129 Å². The van der Waals surface area contributed by atoms with Crippen LogP contribution in [0.5, 0.6) is 0 Å². The molecule has 2 unspecified atom stereocenters. The van der Waals surface area contributed by atoms with E-state index in [-0.39, 0.29) is 0 Å². The number of halogens is 2. The van der Waals surface area contributed by atoms with Crippen molar-refractivity contribution in [1.29, 1.82) is 0 Å². The fourth-order valence-corrected chi connectivity index (χ4v) is 3.78. The summed E-state index contributed by atoms with van der Waals surface area (Å²) in [5, 5.41) is 4.36. The molecule has 0 bridgehead atoms. The molecule has 1 aliphatic heterocycles. The third-order valence-corrected chi connectivity index (χ3v) is 4.77. The first kappa shape index (κ1) is 15.3. The number of likely N-dealkylation sites (tertiary alicyclic amines) is 1. The Morgan fingerprint density at radius 2 is 2.21 bits per heavy atom. The molecule has 1 aliphatic rings. The van der Waals surface area contributed by atoms with Gasteiger partial charge in [0.1, 0.15) is 0 Å². The highest BCUT2D eigenvalue weighted by molar-refractivity contribution is 9.10. The van der Waals surface area contributed by atoms with Crippen LogP contribution in [0.25, 0.3) is 0 Å². The molecule has 1 N–H and O–H groups in total. The van der Waals surface area contributed by atoms with Crippen molar-refractivity contribution in [3.8, 4) is 0 Å². The summed E-state index contributed by atoms with van der Waals surface area (Å²) in [5.74, 6) is 0.657. The van der Waals surface area contributed by atoms with E-state index in [1.54, 1.807) is 0 Å². The Hall–Kier alpha value is -0.0900. The summed E-state index contributed by atoms with van der Waals surface area (Å²) in [6.07, 6.45) is 1.25. The molecule has 0 spiro atoms. The van der Waals surface area contributed by atoms with E-state index in [9.17, 15) is 0 Å². The van der Waals surface area contributed by atoms with Gasteiger partial charge in [0.25, 0.3) is 0 Å². The molecule has 2 nitrogen and oxygen atoms in total. The lowest BCUT2D eigenvalue weighted by atomic mass is 9.93. The van der Waals surface area contributed by atoms with Crippen LogP contribution in [0, 0.1) is 5.92 Å². The first-order valence-corrected chi connectivity index (χ1v) is 8.04. The molecule has 1 fully saturated rings. The van der Waals surface area contributed by atoms with Crippen LogP contribution in [-0.4, -0.2) is 31.1 Å². The van der Waals surface area contributed by atoms with Gasteiger partial charge in [-0.1, -0.05) is 47.4 Å². The van der Waals surface area contributed by atoms with Crippen molar-refractivity contribution in [2.24, 2.45) is 5.92 Å². The molecule has 0 aromatic heterocycles. The molecule has 2 atom stereocenters. The van der Waals surface area contributed by atoms with Crippen molar-refractivity contribution in [3.05, 3.63) is 33.3 Å². The summed E-state index contributed by atoms with van der Waals surface area (Å²) in [6, 6.07) is 7.15. The quantitative estimate of drug-likeness (QED) is 0.884. The van der Waals surface area contributed by atoms with E-state index in [4.69, 9.17) is 11.6 Å². The maximum atomic E-state index is 6.04. The minimum atomic E-state index is 0.470. The van der Waals surface area contributed by atoms with Crippen molar-refractivity contribution in [3.63, 3.8) is 0 Å². The number of nitrogens with one attached hydrogen (secondary N) is 1. The van der Waals surface area contributed by atoms with E-state index in [1.165, 1.54) is 12.0 Å². The Morgan fingerprint density at radius 1 is 1.47 bits per heavy atom. The zero-order valence-electron chi connectivity index (χ0n) is 11.8. The molecule has 0 radical (unpaired) electrons. The van der Waals surface area contributed by atoms with Gasteiger partial charge in [0.2, 0.25) is 0 Å². The minimum absolute atomic E-state index is 0.470. The number of nitrogens with zero attached hydrogens (tertiary/aromatic N) is 1. The highest BCUT2D eigenvalue weighted by Gasteiger charge is 2.33. The van der Waals surface area contributed by atoms with Crippen LogP contribution in [0.15, 0.2) is 22.7 Å². The van der Waals surface area contributed by atoms with Crippen LogP contribution in [-0.2, 0) is 0 Å². The van der Waals surface area contributed by atoms with Crippen molar-refractivity contribution in [2.75, 3.05) is 20.1 Å². The van der Waals surface area contributed by atoms with Gasteiger partial charge in [0.15, 0.2) is 0 Å². The Kier molecular flexibility index (Phi) is 5.29. The first-order chi connectivity index (χ1) is 8.99. The summed E-state index contributed by atoms with van der Waals surface area (Å²) >= 11 is 9.70. The molecule has 1 heterocycles. The zero-order chi connectivity index (χ0) is 14.0. The summed E-state index contributed by atoms with van der Waals surface area (Å²) in [5.41, 5.74) is 1.35. The molecule has 19 heavy (non-hydrogen) atoms. The van der Waals surface area contributed by atoms with Gasteiger partial charge in [0.05, 0.1) is 0 Å². The molecule has 1 aromatic rings. The molecular weight excluding hydrogens is 324 g/mol. The van der Waals surface area contributed by atoms with Gasteiger partial charge in [-0.25, -0.2) is 0 Å². The van der Waals surface area contributed by atoms with Crippen molar-refractivity contribution >= 4 is 27.5 Å². The molecule has 1 aromatic carbocycles. The minimum Gasteiger partial charge on any atom is -0.314 e. The molecule has 0 aliphatic carbocycles. The van der Waals surface area contributed by atoms with Crippen molar-refractivity contribution in [1.82, 2.24) is 10.2 Å². The van der Waals surface area contributed by atoms with Gasteiger partial charge in [-0.2, -0.15) is 0 Å². The van der Waals surface area contributed by atoms with Gasteiger partial charge >= 0.3 is 0 Å². The molecule has 0 amide bonds. The maximum Gasteiger partial charge on any atom is 0.0417 e. The predicted octanol–water partition coefficient (Wildman–Crippen LogP) is 4.09. The second-order valence-electron chi connectivity index (χ2n) is 5.70. The first-order valence-electron chi connectivity index (χ1n) is 6.87. The Bertz CT molecular complexity index is 436. The monoisotopic (exact) mass is 344 g/mol. The smallest absolute Gasteiger partial charge is 0.0417 e. The van der Waals surface area contributed by atoms with Crippen molar-refractivity contribution < 1.29 is 0 Å². The van der Waals surface area contributed by atoms with E-state index < -0.39 is 0 Å². The van der Waals surface area contributed by atoms with Crippen LogP contribution in [0.2, 0.25) is 5.02 Å². The summed E-state index contributed by atoms with van der Waals surface area (Å²) < 4.78 is 1.12. The number of rotatable bonds is 4. The molecular formula is C15H22BrClN2. The van der Waals surface area contributed by atoms with Gasteiger partial charge in [-0.05, 0) is 43.6 Å². The second kappa shape index (κ2) is 6.57. The van der Waals surface area contributed by atoms with E-state index in [1.807, 2.05) is 12.1 Å². The predicted molar refractivity (Wildman–Crippen MR) is 85.8 cm³/mol. The summed E-state index contributed by atoms with van der Waals surface area (Å²) in [4.78, 5) is 2.45. The third kappa shape index (κ3) is 3.72. The highest BCUT2D eigenvalue weighted by Crippen LogP contribution is 2.39. The standard InChI is InChI=1S/C15H22BrClN2/c1-10(2)18-9-11-6-7-19(3)15(11)13-5-4-12(17)8-14(13)16/h4-5,8,10-11,15,18H,6-7,9H2,1-3H3. The van der Waals surface area contributed by atoms with Crippen LogP contribution in [0.3, 0.4) is 0 Å². The fraction of sp³-hybridized carbons (Fsp3) is 0.600. The maximum absolute atomic E-state index is 6.04. The average Bonchev–Trinajstić information content (AvgIpc) is 2.68. The number of hydrogen-bond donors (Lipinski definition) is 1. The van der Waals surface area contributed by atoms with E-state index in [0.29, 0.717) is 18.0 Å². The lowest BCUT2D eigenvalue weighted by Gasteiger charge is -2.27. The summed E-state index contributed by atoms with van der Waals surface area (Å²) in [7, 11) is 2.21.